The van der Waals surface area contributed by atoms with E-state index in [9.17, 15) is 4.79 Å². The lowest BCUT2D eigenvalue weighted by atomic mass is 9.88. The number of halogens is 1. The number of likely N-dealkylation sites (tertiary alicyclic amines) is 1. The summed E-state index contributed by atoms with van der Waals surface area (Å²) in [4.78, 5) is 15.3. The fraction of sp³-hybridized carbons (Fsp3) is 0.381. The van der Waals surface area contributed by atoms with Crippen LogP contribution in [0.1, 0.15) is 28.8 Å². The summed E-state index contributed by atoms with van der Waals surface area (Å²) in [5.41, 5.74) is 2.05. The highest BCUT2D eigenvalue weighted by atomic mass is 79.9. The number of carbonyl (C=O) groups is 1. The van der Waals surface area contributed by atoms with Crippen LogP contribution >= 0.6 is 15.9 Å². The maximum atomic E-state index is 12.9. The van der Waals surface area contributed by atoms with Crippen molar-refractivity contribution >= 4 is 21.7 Å². The molecule has 0 radical (unpaired) electrons. The number of benzene rings is 2. The summed E-state index contributed by atoms with van der Waals surface area (Å²) in [6.45, 7) is 3.96. The lowest BCUT2D eigenvalue weighted by molar-refractivity contribution is 0.0833. The third-order valence-corrected chi connectivity index (χ3v) is 5.63. The molecule has 0 aliphatic carbocycles. The number of piperidine rings is 1. The van der Waals surface area contributed by atoms with Crippen molar-refractivity contribution in [3.05, 3.63) is 58.1 Å². The highest BCUT2D eigenvalue weighted by Gasteiger charge is 2.26. The van der Waals surface area contributed by atoms with Crippen molar-refractivity contribution in [3.8, 4) is 11.5 Å². The van der Waals surface area contributed by atoms with Gasteiger partial charge in [0.15, 0.2) is 17.3 Å². The van der Waals surface area contributed by atoms with Crippen LogP contribution in [0.3, 0.4) is 0 Å². The Kier molecular flexibility index (Phi) is 5.27. The Morgan fingerprint density at radius 1 is 1.00 bits per heavy atom. The van der Waals surface area contributed by atoms with Crippen LogP contribution in [0.2, 0.25) is 0 Å². The van der Waals surface area contributed by atoms with Crippen LogP contribution in [-0.4, -0.2) is 37.0 Å². The van der Waals surface area contributed by atoms with Crippen molar-refractivity contribution in [2.75, 3.05) is 26.3 Å². The van der Waals surface area contributed by atoms with Crippen LogP contribution in [0, 0.1) is 5.92 Å². The molecule has 0 atom stereocenters. The van der Waals surface area contributed by atoms with E-state index in [1.807, 2.05) is 18.2 Å². The van der Waals surface area contributed by atoms with E-state index < -0.39 is 0 Å². The fourth-order valence-corrected chi connectivity index (χ4v) is 3.90. The molecule has 0 unspecified atom stereocenters. The van der Waals surface area contributed by atoms with Crippen molar-refractivity contribution in [1.29, 1.82) is 0 Å². The van der Waals surface area contributed by atoms with E-state index in [0.29, 0.717) is 19.0 Å². The molecule has 2 heterocycles. The SMILES string of the molecule is O=C(c1ccc2c(c1)OCCO2)C1CCN(Cc2ccc(Br)cc2)CC1. The Bertz CT molecular complexity index is 782. The maximum absolute atomic E-state index is 12.9. The topological polar surface area (TPSA) is 38.8 Å². The van der Waals surface area contributed by atoms with E-state index in [-0.39, 0.29) is 11.7 Å². The lowest BCUT2D eigenvalue weighted by Gasteiger charge is -2.31. The molecule has 0 amide bonds. The Balaban J connectivity index is 1.35. The summed E-state index contributed by atoms with van der Waals surface area (Å²) in [6.07, 6.45) is 1.81. The molecule has 0 aromatic heterocycles. The normalized spacial score (nSPS) is 17.9. The smallest absolute Gasteiger partial charge is 0.166 e. The zero-order valence-corrected chi connectivity index (χ0v) is 16.2. The number of rotatable bonds is 4. The summed E-state index contributed by atoms with van der Waals surface area (Å²) in [7, 11) is 0. The number of nitrogens with zero attached hydrogens (tertiary/aromatic N) is 1. The lowest BCUT2D eigenvalue weighted by Crippen LogP contribution is -2.36. The molecule has 1 fully saturated rings. The van der Waals surface area contributed by atoms with Gasteiger partial charge in [0, 0.05) is 22.5 Å². The second kappa shape index (κ2) is 7.80. The van der Waals surface area contributed by atoms with Gasteiger partial charge in [-0.1, -0.05) is 28.1 Å². The minimum Gasteiger partial charge on any atom is -0.486 e. The first-order chi connectivity index (χ1) is 12.7. The molecule has 4 rings (SSSR count). The quantitative estimate of drug-likeness (QED) is 0.697. The van der Waals surface area contributed by atoms with Gasteiger partial charge >= 0.3 is 0 Å². The predicted octanol–water partition coefficient (Wildman–Crippen LogP) is 4.32. The van der Waals surface area contributed by atoms with Crippen LogP contribution in [-0.2, 0) is 6.54 Å². The molecule has 0 N–H and O–H groups in total. The molecule has 2 aromatic rings. The molecule has 0 bridgehead atoms. The third-order valence-electron chi connectivity index (χ3n) is 5.10. The molecule has 26 heavy (non-hydrogen) atoms. The minimum atomic E-state index is 0.0960. The second-order valence-corrected chi connectivity index (χ2v) is 7.82. The van der Waals surface area contributed by atoms with Crippen molar-refractivity contribution in [1.82, 2.24) is 4.90 Å². The highest BCUT2D eigenvalue weighted by Crippen LogP contribution is 2.32. The van der Waals surface area contributed by atoms with Crippen LogP contribution in [0.25, 0.3) is 0 Å². The number of fused-ring (bicyclic) bond motifs is 1. The zero-order chi connectivity index (χ0) is 17.9. The van der Waals surface area contributed by atoms with E-state index in [1.54, 1.807) is 0 Å². The van der Waals surface area contributed by atoms with Gasteiger partial charge in [-0.25, -0.2) is 0 Å². The van der Waals surface area contributed by atoms with Crippen molar-refractivity contribution < 1.29 is 14.3 Å². The van der Waals surface area contributed by atoms with Gasteiger partial charge in [-0.15, -0.1) is 0 Å². The molecular formula is C21H22BrNO3. The van der Waals surface area contributed by atoms with Crippen LogP contribution < -0.4 is 9.47 Å². The Hall–Kier alpha value is -1.85. The van der Waals surface area contributed by atoms with Crippen molar-refractivity contribution in [3.63, 3.8) is 0 Å². The van der Waals surface area contributed by atoms with Gasteiger partial charge < -0.3 is 9.47 Å². The number of ether oxygens (including phenoxy) is 2. The molecule has 2 aliphatic heterocycles. The molecular weight excluding hydrogens is 394 g/mol. The summed E-state index contributed by atoms with van der Waals surface area (Å²) < 4.78 is 12.2. The molecule has 5 heteroatoms. The van der Waals surface area contributed by atoms with Crippen LogP contribution in [0.5, 0.6) is 11.5 Å². The first-order valence-electron chi connectivity index (χ1n) is 9.10. The summed E-state index contributed by atoms with van der Waals surface area (Å²) >= 11 is 3.47. The van der Waals surface area contributed by atoms with E-state index >= 15 is 0 Å². The number of ketones is 1. The molecule has 136 valence electrons. The van der Waals surface area contributed by atoms with Gasteiger partial charge in [-0.2, -0.15) is 0 Å². The van der Waals surface area contributed by atoms with Gasteiger partial charge in [0.2, 0.25) is 0 Å². The monoisotopic (exact) mass is 415 g/mol. The van der Waals surface area contributed by atoms with Gasteiger partial charge in [0.05, 0.1) is 0 Å². The molecule has 0 spiro atoms. The third kappa shape index (κ3) is 3.94. The Morgan fingerprint density at radius 2 is 1.69 bits per heavy atom. The number of carbonyl (C=O) groups excluding carboxylic acids is 1. The number of hydrogen-bond acceptors (Lipinski definition) is 4. The van der Waals surface area contributed by atoms with Gasteiger partial charge in [0.25, 0.3) is 0 Å². The average molecular weight is 416 g/mol. The van der Waals surface area contributed by atoms with Crippen molar-refractivity contribution in [2.45, 2.75) is 19.4 Å². The van der Waals surface area contributed by atoms with Crippen LogP contribution in [0.4, 0.5) is 0 Å². The first-order valence-corrected chi connectivity index (χ1v) is 9.89. The van der Waals surface area contributed by atoms with Gasteiger partial charge in [0.1, 0.15) is 13.2 Å². The molecule has 2 aliphatic rings. The number of hydrogen-bond donors (Lipinski definition) is 0. The van der Waals surface area contributed by atoms with Crippen molar-refractivity contribution in [2.24, 2.45) is 5.92 Å². The molecule has 2 aromatic carbocycles. The molecule has 1 saturated heterocycles. The van der Waals surface area contributed by atoms with Crippen LogP contribution in [0.15, 0.2) is 46.9 Å². The standard InChI is InChI=1S/C21H22BrNO3/c22-18-4-1-15(2-5-18)14-23-9-7-16(8-10-23)21(24)17-3-6-19-20(13-17)26-12-11-25-19/h1-6,13,16H,7-12,14H2. The van der Waals surface area contributed by atoms with E-state index in [2.05, 4.69) is 45.1 Å². The van der Waals surface area contributed by atoms with Gasteiger partial charge in [-0.05, 0) is 61.8 Å². The highest BCUT2D eigenvalue weighted by molar-refractivity contribution is 9.10. The Labute approximate surface area is 162 Å². The largest absolute Gasteiger partial charge is 0.486 e. The average Bonchev–Trinajstić information content (AvgIpc) is 2.69. The van der Waals surface area contributed by atoms with E-state index in [1.165, 1.54) is 5.56 Å². The summed E-state index contributed by atoms with van der Waals surface area (Å²) in [5.74, 6) is 1.75. The number of Topliss-reactive ketones (excluding diaryl/α,β-unsaturated/α-hetero) is 1. The zero-order valence-electron chi connectivity index (χ0n) is 14.6. The maximum Gasteiger partial charge on any atom is 0.166 e. The van der Waals surface area contributed by atoms with E-state index in [0.717, 1.165) is 48.3 Å². The van der Waals surface area contributed by atoms with Gasteiger partial charge in [-0.3, -0.25) is 9.69 Å². The summed E-state index contributed by atoms with van der Waals surface area (Å²) in [6, 6.07) is 14.0. The second-order valence-electron chi connectivity index (χ2n) is 6.90. The first kappa shape index (κ1) is 17.6. The minimum absolute atomic E-state index is 0.0960. The Morgan fingerprint density at radius 3 is 2.42 bits per heavy atom. The van der Waals surface area contributed by atoms with E-state index in [4.69, 9.17) is 9.47 Å². The summed E-state index contributed by atoms with van der Waals surface area (Å²) in [5, 5.41) is 0. The fourth-order valence-electron chi connectivity index (χ4n) is 3.63. The molecule has 0 saturated carbocycles. The molecule has 4 nitrogen and oxygen atoms in total. The predicted molar refractivity (Wildman–Crippen MR) is 104 cm³/mol.